The van der Waals surface area contributed by atoms with Gasteiger partial charge in [-0.25, -0.2) is 14.7 Å². The van der Waals surface area contributed by atoms with Crippen molar-refractivity contribution in [3.8, 4) is 0 Å². The summed E-state index contributed by atoms with van der Waals surface area (Å²) in [7, 11) is 2.88. The fraction of sp³-hybridized carbons (Fsp3) is 0.385. The van der Waals surface area contributed by atoms with E-state index in [-0.39, 0.29) is 19.1 Å². The zero-order valence-electron chi connectivity index (χ0n) is 21.1. The van der Waals surface area contributed by atoms with E-state index in [0.717, 1.165) is 16.2 Å². The van der Waals surface area contributed by atoms with Gasteiger partial charge in [0, 0.05) is 7.05 Å². The Morgan fingerprint density at radius 2 is 1.31 bits per heavy atom. The molecule has 10 nitrogen and oxygen atoms in total. The zero-order chi connectivity index (χ0) is 26.8. The number of aldehydes is 1. The lowest BCUT2D eigenvalue weighted by Gasteiger charge is -2.21. The molecule has 0 aliphatic heterocycles. The van der Waals surface area contributed by atoms with Gasteiger partial charge in [0.1, 0.15) is 25.5 Å². The van der Waals surface area contributed by atoms with Gasteiger partial charge in [-0.2, -0.15) is 0 Å². The molecule has 36 heavy (non-hydrogen) atoms. The van der Waals surface area contributed by atoms with E-state index in [0.29, 0.717) is 19.1 Å². The number of alkyl carbamates (subject to hydrolysis) is 2. The molecular formula is C26H35N3O7. The number of rotatable bonds is 11. The van der Waals surface area contributed by atoms with Crippen molar-refractivity contribution < 1.29 is 33.5 Å². The van der Waals surface area contributed by atoms with Gasteiger partial charge in [0.25, 0.3) is 5.91 Å². The highest BCUT2D eigenvalue weighted by molar-refractivity contribution is 5.84. The van der Waals surface area contributed by atoms with Crippen molar-refractivity contribution in [3.63, 3.8) is 0 Å². The summed E-state index contributed by atoms with van der Waals surface area (Å²) in [5, 5.41) is 6.05. The lowest BCUT2D eigenvalue weighted by atomic mass is 10.2. The first-order valence-corrected chi connectivity index (χ1v) is 11.6. The first kappa shape index (κ1) is 30.1. The van der Waals surface area contributed by atoms with Gasteiger partial charge in [0.2, 0.25) is 0 Å². The molecular weight excluding hydrogens is 466 g/mol. The standard InChI is InChI=1S/C14H20N2O4.C12H15NO3/c1-4-12(13(17)16(2)19-3)15-14(18)20-10-11-8-6-5-7-9-11;1-2-11(8-14)13-12(15)16-9-10-6-4-3-5-7-10/h5-9,12H,4,10H2,1-3H3,(H,15,18);3-8,11H,2,9H2,1H3,(H,13,15)/t12-;11-/m00/s1. The van der Waals surface area contributed by atoms with Crippen molar-refractivity contribution in [1.82, 2.24) is 15.7 Å². The van der Waals surface area contributed by atoms with Crippen molar-refractivity contribution >= 4 is 24.4 Å². The van der Waals surface area contributed by atoms with Gasteiger partial charge in [-0.15, -0.1) is 0 Å². The Labute approximate surface area is 211 Å². The van der Waals surface area contributed by atoms with E-state index in [1.807, 2.05) is 67.6 Å². The lowest BCUT2D eigenvalue weighted by Crippen LogP contribution is -2.46. The predicted octanol–water partition coefficient (Wildman–Crippen LogP) is 3.60. The van der Waals surface area contributed by atoms with Gasteiger partial charge < -0.3 is 24.9 Å². The van der Waals surface area contributed by atoms with Crippen molar-refractivity contribution in [2.45, 2.75) is 52.0 Å². The summed E-state index contributed by atoms with van der Waals surface area (Å²) in [5.41, 5.74) is 1.80. The molecule has 2 atom stereocenters. The van der Waals surface area contributed by atoms with E-state index in [4.69, 9.17) is 14.3 Å². The summed E-state index contributed by atoms with van der Waals surface area (Å²) in [5.74, 6) is -0.327. The predicted molar refractivity (Wildman–Crippen MR) is 134 cm³/mol. The maximum absolute atomic E-state index is 11.8. The van der Waals surface area contributed by atoms with Crippen LogP contribution in [0.15, 0.2) is 60.7 Å². The SMILES string of the molecule is CC[C@@H](C=O)NC(=O)OCc1ccccc1.CC[C@H](NC(=O)OCc1ccccc1)C(=O)N(C)OC. The number of hydroxylamine groups is 2. The summed E-state index contributed by atoms with van der Waals surface area (Å²) in [6.45, 7) is 3.99. The molecule has 0 bridgehead atoms. The molecule has 2 aromatic carbocycles. The number of nitrogens with one attached hydrogen (secondary N) is 2. The normalized spacial score (nSPS) is 11.6. The van der Waals surface area contributed by atoms with Crippen LogP contribution in [0.1, 0.15) is 37.8 Å². The highest BCUT2D eigenvalue weighted by Crippen LogP contribution is 2.03. The average Bonchev–Trinajstić information content (AvgIpc) is 2.93. The Hall–Kier alpha value is -3.92. The third-order valence-corrected chi connectivity index (χ3v) is 4.92. The minimum atomic E-state index is -0.664. The molecule has 2 rings (SSSR count). The van der Waals surface area contributed by atoms with Crippen LogP contribution >= 0.6 is 0 Å². The van der Waals surface area contributed by atoms with E-state index in [1.54, 1.807) is 6.92 Å². The second-order valence-electron chi connectivity index (χ2n) is 7.54. The molecule has 3 amide bonds. The number of benzene rings is 2. The third-order valence-electron chi connectivity index (χ3n) is 4.92. The summed E-state index contributed by atoms with van der Waals surface area (Å²) in [6, 6.07) is 17.6. The number of carbonyl (C=O) groups is 4. The van der Waals surface area contributed by atoms with Crippen LogP contribution in [0.4, 0.5) is 9.59 Å². The van der Waals surface area contributed by atoms with Gasteiger partial charge >= 0.3 is 12.2 Å². The number of ether oxygens (including phenoxy) is 2. The van der Waals surface area contributed by atoms with Crippen LogP contribution < -0.4 is 10.6 Å². The van der Waals surface area contributed by atoms with E-state index >= 15 is 0 Å². The Balaban J connectivity index is 0.000000369. The molecule has 196 valence electrons. The largest absolute Gasteiger partial charge is 0.445 e. The highest BCUT2D eigenvalue weighted by Gasteiger charge is 2.23. The quantitative estimate of drug-likeness (QED) is 0.356. The smallest absolute Gasteiger partial charge is 0.408 e. The fourth-order valence-electron chi connectivity index (χ4n) is 2.70. The summed E-state index contributed by atoms with van der Waals surface area (Å²) in [4.78, 5) is 50.0. The highest BCUT2D eigenvalue weighted by atomic mass is 16.7. The Morgan fingerprint density at radius 3 is 1.69 bits per heavy atom. The molecule has 2 aromatic rings. The van der Waals surface area contributed by atoms with Crippen molar-refractivity contribution in [3.05, 3.63) is 71.8 Å². The maximum Gasteiger partial charge on any atom is 0.408 e. The van der Waals surface area contributed by atoms with Crippen LogP contribution in [0.5, 0.6) is 0 Å². The van der Waals surface area contributed by atoms with Gasteiger partial charge in [-0.05, 0) is 24.0 Å². The van der Waals surface area contributed by atoms with Gasteiger partial charge in [-0.3, -0.25) is 9.63 Å². The first-order chi connectivity index (χ1) is 17.3. The number of likely N-dealkylation sites (N-methyl/N-ethyl adjacent to an activating group) is 1. The second-order valence-corrected chi connectivity index (χ2v) is 7.54. The number of nitrogens with zero attached hydrogens (tertiary/aromatic N) is 1. The number of carbonyl (C=O) groups excluding carboxylic acids is 4. The van der Waals surface area contributed by atoms with Gasteiger partial charge in [-0.1, -0.05) is 74.5 Å². The van der Waals surface area contributed by atoms with Crippen molar-refractivity contribution in [1.29, 1.82) is 0 Å². The minimum absolute atomic E-state index is 0.164. The maximum atomic E-state index is 11.8. The molecule has 0 aromatic heterocycles. The molecule has 0 saturated carbocycles. The van der Waals surface area contributed by atoms with Crippen LogP contribution in [0.25, 0.3) is 0 Å². The summed E-state index contributed by atoms with van der Waals surface area (Å²) in [6.07, 6.45) is 0.516. The van der Waals surface area contributed by atoms with Crippen LogP contribution in [0.3, 0.4) is 0 Å². The monoisotopic (exact) mass is 501 g/mol. The molecule has 0 saturated heterocycles. The van der Waals surface area contributed by atoms with Crippen LogP contribution in [0.2, 0.25) is 0 Å². The molecule has 0 spiro atoms. The van der Waals surface area contributed by atoms with Crippen molar-refractivity contribution in [2.24, 2.45) is 0 Å². The van der Waals surface area contributed by atoms with E-state index in [9.17, 15) is 19.2 Å². The van der Waals surface area contributed by atoms with Crippen LogP contribution in [-0.2, 0) is 37.1 Å². The molecule has 0 radical (unpaired) electrons. The van der Waals surface area contributed by atoms with Gasteiger partial charge in [0.15, 0.2) is 0 Å². The van der Waals surface area contributed by atoms with Crippen molar-refractivity contribution in [2.75, 3.05) is 14.2 Å². The van der Waals surface area contributed by atoms with Gasteiger partial charge in [0.05, 0.1) is 13.2 Å². The summed E-state index contributed by atoms with van der Waals surface area (Å²) >= 11 is 0. The Morgan fingerprint density at radius 1 is 0.833 bits per heavy atom. The Bertz CT molecular complexity index is 926. The molecule has 0 fully saturated rings. The average molecular weight is 502 g/mol. The molecule has 2 N–H and O–H groups in total. The molecule has 0 aliphatic carbocycles. The van der Waals surface area contributed by atoms with E-state index < -0.39 is 24.3 Å². The van der Waals surface area contributed by atoms with Crippen LogP contribution in [-0.4, -0.2) is 55.7 Å². The van der Waals surface area contributed by atoms with Crippen LogP contribution in [0, 0.1) is 0 Å². The third kappa shape index (κ3) is 12.0. The number of hydrogen-bond donors (Lipinski definition) is 2. The minimum Gasteiger partial charge on any atom is -0.445 e. The lowest BCUT2D eigenvalue weighted by molar-refractivity contribution is -0.171. The zero-order valence-corrected chi connectivity index (χ0v) is 21.1. The summed E-state index contributed by atoms with van der Waals surface area (Å²) < 4.78 is 10.0. The Kier molecular flexibility index (Phi) is 14.6. The van der Waals surface area contributed by atoms with E-state index in [2.05, 4.69) is 10.6 Å². The second kappa shape index (κ2) is 17.5. The molecule has 10 heteroatoms. The fourth-order valence-corrected chi connectivity index (χ4v) is 2.70. The number of hydrogen-bond acceptors (Lipinski definition) is 7. The molecule has 0 heterocycles. The molecule has 0 aliphatic rings. The number of amides is 3. The van der Waals surface area contributed by atoms with E-state index in [1.165, 1.54) is 14.2 Å². The molecule has 0 unspecified atom stereocenters. The first-order valence-electron chi connectivity index (χ1n) is 11.6. The topological polar surface area (TPSA) is 123 Å².